The van der Waals surface area contributed by atoms with Crippen LogP contribution in [0.4, 0.5) is 10.3 Å². The van der Waals surface area contributed by atoms with Crippen LogP contribution in [-0.4, -0.2) is 64.6 Å². The number of likely N-dealkylation sites (tertiary alicyclic amines) is 1. The smallest absolute Gasteiger partial charge is 0.339 e. The standard InChI is InChI=1S/C31H35FN4O4/c1-19(2)29(37)36-18-25(21-7-9-22(32)10-8-21)26-17-35(15-14-28(26)36)31-33-16-24(30(38)39)27(34-31)13-6-20-4-11-23(40-3)12-5-20/h4-5,7-12,16,19,25-26,28H,6,13-15,17-18H2,1-3H3,(H,38,39)/t25-,26+,28-/m1/s1. The number of carboxylic acid groups (broad SMARTS) is 1. The average Bonchev–Trinajstić information content (AvgIpc) is 3.34. The lowest BCUT2D eigenvalue weighted by Crippen LogP contribution is -2.49. The molecule has 8 nitrogen and oxygen atoms in total. The van der Waals surface area contributed by atoms with Crippen LogP contribution in [0.2, 0.25) is 0 Å². The summed E-state index contributed by atoms with van der Waals surface area (Å²) in [7, 11) is 1.62. The zero-order chi connectivity index (χ0) is 28.4. The maximum Gasteiger partial charge on any atom is 0.339 e. The molecule has 1 N–H and O–H groups in total. The van der Waals surface area contributed by atoms with Crippen molar-refractivity contribution >= 4 is 17.8 Å². The number of halogens is 1. The van der Waals surface area contributed by atoms with Gasteiger partial charge in [0, 0.05) is 49.6 Å². The largest absolute Gasteiger partial charge is 0.497 e. The van der Waals surface area contributed by atoms with Crippen molar-refractivity contribution in [1.29, 1.82) is 0 Å². The first-order valence-electron chi connectivity index (χ1n) is 13.8. The number of aromatic carboxylic acids is 1. The number of piperidine rings is 1. The van der Waals surface area contributed by atoms with Crippen molar-refractivity contribution < 1.29 is 23.8 Å². The second-order valence-corrected chi connectivity index (χ2v) is 11.0. The van der Waals surface area contributed by atoms with E-state index in [4.69, 9.17) is 9.72 Å². The Bertz CT molecular complexity index is 1360. The fourth-order valence-corrected chi connectivity index (χ4v) is 6.05. The lowest BCUT2D eigenvalue weighted by Gasteiger charge is -2.39. The number of hydrogen-bond acceptors (Lipinski definition) is 6. The molecule has 2 aliphatic heterocycles. The van der Waals surface area contributed by atoms with Gasteiger partial charge in [-0.1, -0.05) is 38.1 Å². The van der Waals surface area contributed by atoms with E-state index in [9.17, 15) is 19.1 Å². The summed E-state index contributed by atoms with van der Waals surface area (Å²) in [6, 6.07) is 14.3. The number of carbonyl (C=O) groups excluding carboxylic acids is 1. The first kappa shape index (κ1) is 27.6. The summed E-state index contributed by atoms with van der Waals surface area (Å²) >= 11 is 0. The van der Waals surface area contributed by atoms with Gasteiger partial charge in [0.15, 0.2) is 0 Å². The van der Waals surface area contributed by atoms with E-state index in [-0.39, 0.29) is 41.1 Å². The molecule has 9 heteroatoms. The third-order valence-corrected chi connectivity index (χ3v) is 8.18. The lowest BCUT2D eigenvalue weighted by atomic mass is 9.82. The number of hydrogen-bond donors (Lipinski definition) is 1. The SMILES string of the molecule is COc1ccc(CCc2nc(N3CC[C@@H]4[C@@H](C3)[C@@H](c3ccc(F)cc3)CN4C(=O)C(C)C)ncc2C(=O)O)cc1. The Labute approximate surface area is 233 Å². The predicted molar refractivity (Wildman–Crippen MR) is 149 cm³/mol. The highest BCUT2D eigenvalue weighted by atomic mass is 19.1. The van der Waals surface area contributed by atoms with Gasteiger partial charge in [0.1, 0.15) is 11.6 Å². The van der Waals surface area contributed by atoms with Crippen LogP contribution in [0.25, 0.3) is 0 Å². The molecular formula is C31H35FN4O4. The van der Waals surface area contributed by atoms with E-state index in [0.29, 0.717) is 44.1 Å². The van der Waals surface area contributed by atoms with Crippen LogP contribution in [0.5, 0.6) is 5.75 Å². The Morgan fingerprint density at radius 3 is 2.45 bits per heavy atom. The molecule has 1 amide bonds. The van der Waals surface area contributed by atoms with Crippen molar-refractivity contribution in [3.63, 3.8) is 0 Å². The van der Waals surface area contributed by atoms with Crippen molar-refractivity contribution in [3.8, 4) is 5.75 Å². The minimum Gasteiger partial charge on any atom is -0.497 e. The maximum atomic E-state index is 13.7. The van der Waals surface area contributed by atoms with E-state index in [2.05, 4.69) is 9.88 Å². The summed E-state index contributed by atoms with van der Waals surface area (Å²) in [5.74, 6) is 0.137. The predicted octanol–water partition coefficient (Wildman–Crippen LogP) is 4.58. The fraction of sp³-hybridized carbons (Fsp3) is 0.419. The zero-order valence-corrected chi connectivity index (χ0v) is 23.1. The zero-order valence-electron chi connectivity index (χ0n) is 23.1. The molecule has 0 saturated carbocycles. The minimum atomic E-state index is -1.05. The number of aromatic nitrogens is 2. The highest BCUT2D eigenvalue weighted by Gasteiger charge is 2.47. The summed E-state index contributed by atoms with van der Waals surface area (Å²) in [4.78, 5) is 38.4. The molecule has 3 heterocycles. The van der Waals surface area contributed by atoms with Gasteiger partial charge < -0.3 is 19.6 Å². The Hall–Kier alpha value is -4.01. The van der Waals surface area contributed by atoms with Crippen LogP contribution < -0.4 is 9.64 Å². The van der Waals surface area contributed by atoms with Gasteiger partial charge in [-0.2, -0.15) is 0 Å². The van der Waals surface area contributed by atoms with E-state index in [1.54, 1.807) is 7.11 Å². The van der Waals surface area contributed by atoms with Crippen molar-refractivity contribution in [2.45, 2.75) is 45.1 Å². The number of benzene rings is 2. The molecule has 2 aromatic carbocycles. The van der Waals surface area contributed by atoms with Crippen LogP contribution in [0.15, 0.2) is 54.7 Å². The fourth-order valence-electron chi connectivity index (χ4n) is 6.05. The number of nitrogens with zero attached hydrogens (tertiary/aromatic N) is 4. The molecule has 0 spiro atoms. The summed E-state index contributed by atoms with van der Waals surface area (Å²) in [5, 5.41) is 9.79. The summed E-state index contributed by atoms with van der Waals surface area (Å²) in [5.41, 5.74) is 2.67. The van der Waals surface area contributed by atoms with Gasteiger partial charge in [-0.05, 0) is 54.7 Å². The van der Waals surface area contributed by atoms with Gasteiger partial charge >= 0.3 is 5.97 Å². The normalized spacial score (nSPS) is 20.5. The van der Waals surface area contributed by atoms with E-state index in [1.165, 1.54) is 18.3 Å². The topological polar surface area (TPSA) is 95.9 Å². The molecule has 1 aromatic heterocycles. The molecule has 5 rings (SSSR count). The Balaban J connectivity index is 1.39. The number of rotatable bonds is 8. The number of amides is 1. The van der Waals surface area contributed by atoms with Crippen LogP contribution in [0.1, 0.15) is 53.4 Å². The highest BCUT2D eigenvalue weighted by Crippen LogP contribution is 2.42. The van der Waals surface area contributed by atoms with Crippen molar-refractivity contribution in [1.82, 2.24) is 14.9 Å². The van der Waals surface area contributed by atoms with Gasteiger partial charge in [0.25, 0.3) is 0 Å². The number of aryl methyl sites for hydroxylation is 2. The van der Waals surface area contributed by atoms with Gasteiger partial charge in [-0.15, -0.1) is 0 Å². The Morgan fingerprint density at radius 1 is 1.07 bits per heavy atom. The van der Waals surface area contributed by atoms with Crippen LogP contribution in [-0.2, 0) is 17.6 Å². The first-order valence-corrected chi connectivity index (χ1v) is 13.8. The molecule has 2 aliphatic rings. The molecular weight excluding hydrogens is 511 g/mol. The van der Waals surface area contributed by atoms with E-state index in [0.717, 1.165) is 23.3 Å². The Kier molecular flexibility index (Phi) is 8.00. The molecule has 0 bridgehead atoms. The molecule has 2 fully saturated rings. The van der Waals surface area contributed by atoms with E-state index >= 15 is 0 Å². The molecule has 0 unspecified atom stereocenters. The molecule has 3 aromatic rings. The van der Waals surface area contributed by atoms with Gasteiger partial charge in [-0.25, -0.2) is 19.2 Å². The third-order valence-electron chi connectivity index (χ3n) is 8.18. The van der Waals surface area contributed by atoms with Crippen molar-refractivity contribution in [3.05, 3.63) is 82.9 Å². The number of ether oxygens (including phenoxy) is 1. The van der Waals surface area contributed by atoms with Crippen LogP contribution >= 0.6 is 0 Å². The molecule has 0 aliphatic carbocycles. The number of methoxy groups -OCH3 is 1. The number of carbonyl (C=O) groups is 2. The number of anilines is 1. The second-order valence-electron chi connectivity index (χ2n) is 11.0. The summed E-state index contributed by atoms with van der Waals surface area (Å²) < 4.78 is 18.9. The van der Waals surface area contributed by atoms with Crippen molar-refractivity contribution in [2.75, 3.05) is 31.6 Å². The summed E-state index contributed by atoms with van der Waals surface area (Å²) in [6.45, 7) is 5.71. The second kappa shape index (κ2) is 11.6. The number of fused-ring (bicyclic) bond motifs is 1. The lowest BCUT2D eigenvalue weighted by molar-refractivity contribution is -0.135. The van der Waals surface area contributed by atoms with Crippen LogP contribution in [0.3, 0.4) is 0 Å². The van der Waals surface area contributed by atoms with Gasteiger partial charge in [0.2, 0.25) is 11.9 Å². The first-order chi connectivity index (χ1) is 19.2. The van der Waals surface area contributed by atoms with Crippen molar-refractivity contribution in [2.24, 2.45) is 11.8 Å². The molecule has 2 saturated heterocycles. The summed E-state index contributed by atoms with van der Waals surface area (Å²) in [6.07, 6.45) is 3.25. The Morgan fingerprint density at radius 2 is 1.80 bits per heavy atom. The molecule has 3 atom stereocenters. The average molecular weight is 547 g/mol. The highest BCUT2D eigenvalue weighted by molar-refractivity contribution is 5.88. The van der Waals surface area contributed by atoms with E-state index in [1.807, 2.05) is 55.1 Å². The van der Waals surface area contributed by atoms with E-state index < -0.39 is 5.97 Å². The molecule has 40 heavy (non-hydrogen) atoms. The molecule has 210 valence electrons. The third kappa shape index (κ3) is 5.64. The monoisotopic (exact) mass is 546 g/mol. The number of carboxylic acids is 1. The maximum absolute atomic E-state index is 13.7. The van der Waals surface area contributed by atoms with Crippen LogP contribution in [0, 0.1) is 17.7 Å². The quantitative estimate of drug-likeness (QED) is 0.442. The van der Waals surface area contributed by atoms with Gasteiger partial charge in [0.05, 0.1) is 18.4 Å². The molecule has 0 radical (unpaired) electrons. The van der Waals surface area contributed by atoms with Gasteiger partial charge in [-0.3, -0.25) is 4.79 Å². The minimum absolute atomic E-state index is 0.0592.